The molecule has 0 saturated carbocycles. The maximum Gasteiger partial charge on any atom is 0.167 e. The smallest absolute Gasteiger partial charge is 0.167 e. The van der Waals surface area contributed by atoms with Crippen molar-refractivity contribution in [3.63, 3.8) is 0 Å². The zero-order valence-corrected chi connectivity index (χ0v) is 13.2. The molecule has 2 heterocycles. The first-order valence-corrected chi connectivity index (χ1v) is 8.22. The van der Waals surface area contributed by atoms with Crippen LogP contribution in [0.3, 0.4) is 0 Å². The second-order valence-electron chi connectivity index (χ2n) is 5.37. The maximum absolute atomic E-state index is 13.0. The summed E-state index contributed by atoms with van der Waals surface area (Å²) in [5.74, 6) is 2.50. The van der Waals surface area contributed by atoms with E-state index >= 15 is 0 Å². The van der Waals surface area contributed by atoms with Crippen molar-refractivity contribution in [2.24, 2.45) is 4.99 Å². The Labute approximate surface area is 134 Å². The van der Waals surface area contributed by atoms with Gasteiger partial charge in [-0.1, -0.05) is 29.8 Å². The summed E-state index contributed by atoms with van der Waals surface area (Å²) in [6.45, 7) is 4.02. The van der Waals surface area contributed by atoms with E-state index in [1.807, 2.05) is 12.1 Å². The van der Waals surface area contributed by atoms with Crippen LogP contribution in [0.1, 0.15) is 12.0 Å². The van der Waals surface area contributed by atoms with Crippen molar-refractivity contribution < 1.29 is 4.39 Å². The second kappa shape index (κ2) is 6.99. The molecule has 0 bridgehead atoms. The van der Waals surface area contributed by atoms with Gasteiger partial charge in [-0.15, -0.1) is 6.42 Å². The van der Waals surface area contributed by atoms with Gasteiger partial charge in [0.05, 0.1) is 6.54 Å². The van der Waals surface area contributed by atoms with Crippen LogP contribution in [0.2, 0.25) is 0 Å². The van der Waals surface area contributed by atoms with E-state index in [4.69, 9.17) is 6.42 Å². The average molecular weight is 315 g/mol. The minimum absolute atomic E-state index is 0.212. The Morgan fingerprint density at radius 3 is 2.91 bits per heavy atom. The molecule has 1 aromatic rings. The Bertz CT molecular complexity index is 630. The minimum Gasteiger partial charge on any atom is -0.323 e. The molecule has 2 aliphatic heterocycles. The molecule has 0 spiro atoms. The Morgan fingerprint density at radius 2 is 2.14 bits per heavy atom. The summed E-state index contributed by atoms with van der Waals surface area (Å²) < 4.78 is 13.0. The number of fused-ring (bicyclic) bond motifs is 1. The van der Waals surface area contributed by atoms with E-state index in [9.17, 15) is 4.39 Å². The maximum atomic E-state index is 13.0. The largest absolute Gasteiger partial charge is 0.323 e. The highest BCUT2D eigenvalue weighted by Gasteiger charge is 2.25. The van der Waals surface area contributed by atoms with E-state index < -0.39 is 0 Å². The van der Waals surface area contributed by atoms with Gasteiger partial charge in [-0.2, -0.15) is 0 Å². The summed E-state index contributed by atoms with van der Waals surface area (Å²) in [5, 5.41) is 3.27. The van der Waals surface area contributed by atoms with Crippen molar-refractivity contribution in [1.29, 1.82) is 0 Å². The molecular formula is C17H18FN3S. The molecule has 0 atom stereocenters. The number of halogens is 1. The van der Waals surface area contributed by atoms with Gasteiger partial charge in [-0.25, -0.2) is 4.39 Å². The number of terminal acetylenes is 1. The van der Waals surface area contributed by atoms with Crippen LogP contribution in [-0.4, -0.2) is 41.1 Å². The Hall–Kier alpha value is -1.77. The highest BCUT2D eigenvalue weighted by atomic mass is 32.2. The molecule has 0 aliphatic carbocycles. The van der Waals surface area contributed by atoms with Gasteiger partial charge in [0.2, 0.25) is 0 Å². The van der Waals surface area contributed by atoms with Crippen molar-refractivity contribution in [3.05, 3.63) is 46.8 Å². The third-order valence-electron chi connectivity index (χ3n) is 3.68. The number of rotatable bonds is 5. The van der Waals surface area contributed by atoms with E-state index in [2.05, 4.69) is 26.1 Å². The Balaban J connectivity index is 1.67. The first-order chi connectivity index (χ1) is 10.8. The summed E-state index contributed by atoms with van der Waals surface area (Å²) in [6, 6.07) is 6.60. The Kier molecular flexibility index (Phi) is 4.81. The lowest BCUT2D eigenvalue weighted by molar-refractivity contribution is 0.299. The van der Waals surface area contributed by atoms with Crippen LogP contribution in [0.4, 0.5) is 4.39 Å². The number of aliphatic imine (C=N–C) groups is 1. The SMILES string of the molecule is C#CCN(CC1=CSC2=NCCCN12)Cc1ccc(F)cc1. The first kappa shape index (κ1) is 15.1. The molecule has 0 unspecified atom stereocenters. The topological polar surface area (TPSA) is 18.8 Å². The number of benzene rings is 1. The van der Waals surface area contributed by atoms with Gasteiger partial charge < -0.3 is 4.90 Å². The number of thioether (sulfide) groups is 1. The molecule has 3 nitrogen and oxygen atoms in total. The monoisotopic (exact) mass is 315 g/mol. The average Bonchev–Trinajstić information content (AvgIpc) is 2.93. The second-order valence-corrected chi connectivity index (χ2v) is 6.21. The van der Waals surface area contributed by atoms with Crippen LogP contribution in [0, 0.1) is 18.2 Å². The lowest BCUT2D eigenvalue weighted by atomic mass is 10.2. The standard InChI is InChI=1S/C17H18FN3S/c1-2-9-20(11-14-4-6-15(18)7-5-14)12-16-13-22-17-19-8-3-10-21(16)17/h1,4-7,13H,3,8-12H2. The van der Waals surface area contributed by atoms with Gasteiger partial charge in [0, 0.05) is 31.9 Å². The fourth-order valence-electron chi connectivity index (χ4n) is 2.63. The number of hydrogen-bond acceptors (Lipinski definition) is 4. The van der Waals surface area contributed by atoms with Crippen LogP contribution < -0.4 is 0 Å². The highest BCUT2D eigenvalue weighted by Crippen LogP contribution is 2.29. The van der Waals surface area contributed by atoms with Gasteiger partial charge in [0.15, 0.2) is 5.17 Å². The van der Waals surface area contributed by atoms with Gasteiger partial charge in [0.1, 0.15) is 5.82 Å². The number of nitrogens with zero attached hydrogens (tertiary/aromatic N) is 3. The predicted octanol–water partition coefficient (Wildman–Crippen LogP) is 2.91. The van der Waals surface area contributed by atoms with E-state index in [-0.39, 0.29) is 5.82 Å². The van der Waals surface area contributed by atoms with Crippen LogP contribution >= 0.6 is 11.8 Å². The van der Waals surface area contributed by atoms with Crippen molar-refractivity contribution in [2.75, 3.05) is 26.2 Å². The quantitative estimate of drug-likeness (QED) is 0.779. The minimum atomic E-state index is -0.212. The molecule has 0 N–H and O–H groups in total. The Morgan fingerprint density at radius 1 is 1.32 bits per heavy atom. The van der Waals surface area contributed by atoms with Crippen molar-refractivity contribution >= 4 is 16.9 Å². The van der Waals surface area contributed by atoms with Crippen LogP contribution in [0.15, 0.2) is 40.4 Å². The number of amidine groups is 1. The zero-order chi connectivity index (χ0) is 15.4. The fraction of sp³-hybridized carbons (Fsp3) is 0.353. The molecule has 0 radical (unpaired) electrons. The summed E-state index contributed by atoms with van der Waals surface area (Å²) >= 11 is 1.69. The molecule has 22 heavy (non-hydrogen) atoms. The lowest BCUT2D eigenvalue weighted by Gasteiger charge is -2.29. The van der Waals surface area contributed by atoms with E-state index in [0.29, 0.717) is 13.1 Å². The van der Waals surface area contributed by atoms with Crippen molar-refractivity contribution in [2.45, 2.75) is 13.0 Å². The van der Waals surface area contributed by atoms with Gasteiger partial charge in [-0.3, -0.25) is 9.89 Å². The number of hydrogen-bond donors (Lipinski definition) is 0. The summed E-state index contributed by atoms with van der Waals surface area (Å²) in [6.07, 6.45) is 6.59. The molecule has 1 aromatic carbocycles. The predicted molar refractivity (Wildman–Crippen MR) is 89.8 cm³/mol. The van der Waals surface area contributed by atoms with Gasteiger partial charge in [-0.05, 0) is 29.5 Å². The zero-order valence-electron chi connectivity index (χ0n) is 12.3. The van der Waals surface area contributed by atoms with E-state index in [1.54, 1.807) is 11.8 Å². The van der Waals surface area contributed by atoms with Crippen LogP contribution in [-0.2, 0) is 6.54 Å². The molecule has 5 heteroatoms. The summed E-state index contributed by atoms with van der Waals surface area (Å²) in [4.78, 5) is 9.01. The van der Waals surface area contributed by atoms with Gasteiger partial charge >= 0.3 is 0 Å². The van der Waals surface area contributed by atoms with E-state index in [1.165, 1.54) is 17.8 Å². The molecular weight excluding hydrogens is 297 g/mol. The van der Waals surface area contributed by atoms with Gasteiger partial charge in [0.25, 0.3) is 0 Å². The fourth-order valence-corrected chi connectivity index (χ4v) is 3.58. The normalized spacial score (nSPS) is 17.0. The molecule has 114 valence electrons. The molecule has 0 amide bonds. The van der Waals surface area contributed by atoms with Crippen LogP contribution in [0.25, 0.3) is 0 Å². The molecule has 0 fully saturated rings. The summed E-state index contributed by atoms with van der Waals surface area (Å²) in [7, 11) is 0. The molecule has 0 saturated heterocycles. The third kappa shape index (κ3) is 3.52. The van der Waals surface area contributed by atoms with Crippen molar-refractivity contribution in [3.8, 4) is 12.3 Å². The van der Waals surface area contributed by atoms with E-state index in [0.717, 1.165) is 36.8 Å². The summed E-state index contributed by atoms with van der Waals surface area (Å²) in [5.41, 5.74) is 2.32. The van der Waals surface area contributed by atoms with Crippen molar-refractivity contribution in [1.82, 2.24) is 9.80 Å². The first-order valence-electron chi connectivity index (χ1n) is 7.34. The highest BCUT2D eigenvalue weighted by molar-refractivity contribution is 8.16. The molecule has 0 aromatic heterocycles. The molecule has 2 aliphatic rings. The molecule has 3 rings (SSSR count). The third-order valence-corrected chi connectivity index (χ3v) is 4.64. The van der Waals surface area contributed by atoms with Crippen LogP contribution in [0.5, 0.6) is 0 Å². The lowest BCUT2D eigenvalue weighted by Crippen LogP contribution is -2.35.